The van der Waals surface area contributed by atoms with Gasteiger partial charge in [0.15, 0.2) is 11.6 Å². The summed E-state index contributed by atoms with van der Waals surface area (Å²) in [5.41, 5.74) is 3.13. The molecular weight excluding hydrogens is 334 g/mol. The highest BCUT2D eigenvalue weighted by Gasteiger charge is 2.12. The van der Waals surface area contributed by atoms with E-state index in [0.717, 1.165) is 4.47 Å². The van der Waals surface area contributed by atoms with E-state index in [0.29, 0.717) is 28.1 Å². The van der Waals surface area contributed by atoms with Crippen molar-refractivity contribution in [3.05, 3.63) is 34.0 Å². The Kier molecular flexibility index (Phi) is 4.41. The zero-order valence-electron chi connectivity index (χ0n) is 9.95. The number of methoxy groups -OCH3 is 1. The van der Waals surface area contributed by atoms with Crippen LogP contribution in [0, 0.1) is 0 Å². The Balaban J connectivity index is 2.40. The number of nitrogens with one attached hydrogen (secondary N) is 2. The average molecular weight is 345 g/mol. The summed E-state index contributed by atoms with van der Waals surface area (Å²) in [5, 5.41) is 3.63. The van der Waals surface area contributed by atoms with E-state index in [-0.39, 0.29) is 0 Å². The summed E-state index contributed by atoms with van der Waals surface area (Å²) < 4.78 is 6.12. The Bertz CT molecular complexity index is 595. The van der Waals surface area contributed by atoms with Crippen molar-refractivity contribution in [2.75, 3.05) is 17.9 Å². The molecule has 0 atom stereocenters. The first-order valence-corrected chi connectivity index (χ1v) is 6.40. The molecule has 0 fully saturated rings. The third-order valence-corrected chi connectivity index (χ3v) is 3.15. The summed E-state index contributed by atoms with van der Waals surface area (Å²) in [7, 11) is 1.51. The molecule has 1 aromatic heterocycles. The minimum atomic E-state index is 0.381. The van der Waals surface area contributed by atoms with Gasteiger partial charge < -0.3 is 15.5 Å². The molecular formula is C11H11BrClN5O. The van der Waals surface area contributed by atoms with Crippen LogP contribution in [0.1, 0.15) is 0 Å². The summed E-state index contributed by atoms with van der Waals surface area (Å²) in [5.74, 6) is 6.61. The number of hydrazine groups is 1. The lowest BCUT2D eigenvalue weighted by Crippen LogP contribution is -2.11. The second-order valence-corrected chi connectivity index (χ2v) is 4.82. The molecule has 1 heterocycles. The van der Waals surface area contributed by atoms with E-state index in [1.54, 1.807) is 6.07 Å². The fourth-order valence-electron chi connectivity index (χ4n) is 1.48. The van der Waals surface area contributed by atoms with Gasteiger partial charge in [0.1, 0.15) is 6.33 Å². The third kappa shape index (κ3) is 3.06. The predicted octanol–water partition coefficient (Wildman–Crippen LogP) is 2.93. The van der Waals surface area contributed by atoms with Gasteiger partial charge >= 0.3 is 0 Å². The van der Waals surface area contributed by atoms with Crippen LogP contribution < -0.4 is 21.3 Å². The zero-order chi connectivity index (χ0) is 13.8. The van der Waals surface area contributed by atoms with E-state index < -0.39 is 0 Å². The molecule has 19 heavy (non-hydrogen) atoms. The fraction of sp³-hybridized carbons (Fsp3) is 0.0909. The molecule has 0 bridgehead atoms. The quantitative estimate of drug-likeness (QED) is 0.584. The molecule has 4 N–H and O–H groups in total. The average Bonchev–Trinajstić information content (AvgIpc) is 2.42. The number of hydrogen-bond acceptors (Lipinski definition) is 6. The number of nitrogens with two attached hydrogens (primary N) is 1. The number of benzene rings is 1. The van der Waals surface area contributed by atoms with Gasteiger partial charge in [0, 0.05) is 4.47 Å². The first-order valence-electron chi connectivity index (χ1n) is 5.23. The largest absolute Gasteiger partial charge is 0.490 e. The van der Waals surface area contributed by atoms with E-state index in [9.17, 15) is 0 Å². The molecule has 0 aliphatic rings. The number of ether oxygens (including phenoxy) is 1. The molecule has 0 radical (unpaired) electrons. The molecule has 0 spiro atoms. The molecule has 100 valence electrons. The van der Waals surface area contributed by atoms with E-state index in [4.69, 9.17) is 22.2 Å². The monoisotopic (exact) mass is 343 g/mol. The maximum atomic E-state index is 6.11. The third-order valence-electron chi connectivity index (χ3n) is 2.33. The number of nitrogen functional groups attached to an aromatic ring is 1. The van der Waals surface area contributed by atoms with E-state index in [1.165, 1.54) is 13.4 Å². The standard InChI is InChI=1S/C11H11BrClN5O/c1-19-9-10(15-5-16-11(9)18-14)17-8-4-6(12)2-3-7(8)13/h2-5H,14H2,1H3,(H2,15,16,17,18). The van der Waals surface area contributed by atoms with Crippen LogP contribution in [0.15, 0.2) is 29.0 Å². The lowest BCUT2D eigenvalue weighted by Gasteiger charge is -2.13. The van der Waals surface area contributed by atoms with E-state index in [2.05, 4.69) is 36.6 Å². The van der Waals surface area contributed by atoms with Gasteiger partial charge in [-0.15, -0.1) is 0 Å². The SMILES string of the molecule is COc1c(NN)ncnc1Nc1cc(Br)ccc1Cl. The molecule has 0 saturated carbocycles. The van der Waals surface area contributed by atoms with Crippen LogP contribution in [0.25, 0.3) is 0 Å². The normalized spacial score (nSPS) is 10.1. The smallest absolute Gasteiger partial charge is 0.205 e. The van der Waals surface area contributed by atoms with Crippen molar-refractivity contribution >= 4 is 44.9 Å². The van der Waals surface area contributed by atoms with Crippen molar-refractivity contribution < 1.29 is 4.74 Å². The predicted molar refractivity (Wildman–Crippen MR) is 78.8 cm³/mol. The molecule has 0 unspecified atom stereocenters. The number of hydrogen-bond donors (Lipinski definition) is 3. The lowest BCUT2D eigenvalue weighted by molar-refractivity contribution is 0.415. The van der Waals surface area contributed by atoms with Crippen molar-refractivity contribution in [3.8, 4) is 5.75 Å². The van der Waals surface area contributed by atoms with E-state index >= 15 is 0 Å². The van der Waals surface area contributed by atoms with Gasteiger partial charge in [0.05, 0.1) is 17.8 Å². The number of aromatic nitrogens is 2. The molecule has 0 aliphatic heterocycles. The van der Waals surface area contributed by atoms with Gasteiger partial charge in [-0.2, -0.15) is 0 Å². The van der Waals surface area contributed by atoms with Gasteiger partial charge in [0.2, 0.25) is 5.75 Å². The van der Waals surface area contributed by atoms with Gasteiger partial charge in [-0.1, -0.05) is 27.5 Å². The van der Waals surface area contributed by atoms with Crippen LogP contribution >= 0.6 is 27.5 Å². The minimum Gasteiger partial charge on any atom is -0.490 e. The Morgan fingerprint density at radius 3 is 2.74 bits per heavy atom. The van der Waals surface area contributed by atoms with Crippen molar-refractivity contribution in [2.24, 2.45) is 5.84 Å². The minimum absolute atomic E-state index is 0.381. The number of nitrogens with zero attached hydrogens (tertiary/aromatic N) is 2. The summed E-state index contributed by atoms with van der Waals surface area (Å²) in [6, 6.07) is 5.45. The summed E-state index contributed by atoms with van der Waals surface area (Å²) in [4.78, 5) is 8.06. The van der Waals surface area contributed by atoms with Crippen LogP contribution in [0.4, 0.5) is 17.3 Å². The van der Waals surface area contributed by atoms with Crippen LogP contribution in [0.5, 0.6) is 5.75 Å². The maximum Gasteiger partial charge on any atom is 0.205 e. The van der Waals surface area contributed by atoms with Gasteiger partial charge in [-0.25, -0.2) is 15.8 Å². The summed E-state index contributed by atoms with van der Waals surface area (Å²) in [6.07, 6.45) is 1.37. The lowest BCUT2D eigenvalue weighted by atomic mass is 10.3. The molecule has 2 aromatic rings. The van der Waals surface area contributed by atoms with Gasteiger partial charge in [-0.3, -0.25) is 0 Å². The maximum absolute atomic E-state index is 6.11. The van der Waals surface area contributed by atoms with Crippen LogP contribution in [0.3, 0.4) is 0 Å². The van der Waals surface area contributed by atoms with Crippen LogP contribution in [-0.4, -0.2) is 17.1 Å². The molecule has 8 heteroatoms. The molecule has 0 saturated heterocycles. The number of anilines is 3. The molecule has 1 aromatic carbocycles. The van der Waals surface area contributed by atoms with Crippen molar-refractivity contribution in [3.63, 3.8) is 0 Å². The van der Waals surface area contributed by atoms with Crippen LogP contribution in [-0.2, 0) is 0 Å². The van der Waals surface area contributed by atoms with Crippen LogP contribution in [0.2, 0.25) is 5.02 Å². The molecule has 0 amide bonds. The fourth-order valence-corrected chi connectivity index (χ4v) is 2.01. The highest BCUT2D eigenvalue weighted by atomic mass is 79.9. The zero-order valence-corrected chi connectivity index (χ0v) is 12.3. The molecule has 6 nitrogen and oxygen atoms in total. The Labute approximate surface area is 123 Å². The van der Waals surface area contributed by atoms with Crippen molar-refractivity contribution in [1.82, 2.24) is 9.97 Å². The second-order valence-electron chi connectivity index (χ2n) is 3.50. The Hall–Kier alpha value is -1.57. The first-order chi connectivity index (χ1) is 9.15. The first kappa shape index (κ1) is 13.9. The number of halogens is 2. The van der Waals surface area contributed by atoms with Gasteiger partial charge in [0.25, 0.3) is 0 Å². The van der Waals surface area contributed by atoms with E-state index in [1.807, 2.05) is 12.1 Å². The van der Waals surface area contributed by atoms with Crippen molar-refractivity contribution in [2.45, 2.75) is 0 Å². The topological polar surface area (TPSA) is 85.1 Å². The highest BCUT2D eigenvalue weighted by Crippen LogP contribution is 2.34. The number of rotatable bonds is 4. The summed E-state index contributed by atoms with van der Waals surface area (Å²) in [6.45, 7) is 0. The van der Waals surface area contributed by atoms with Crippen molar-refractivity contribution in [1.29, 1.82) is 0 Å². The second kappa shape index (κ2) is 6.05. The Morgan fingerprint density at radius 2 is 2.05 bits per heavy atom. The molecule has 2 rings (SSSR count). The Morgan fingerprint density at radius 1 is 1.32 bits per heavy atom. The van der Waals surface area contributed by atoms with Gasteiger partial charge in [-0.05, 0) is 18.2 Å². The summed E-state index contributed by atoms with van der Waals surface area (Å²) >= 11 is 9.49. The highest BCUT2D eigenvalue weighted by molar-refractivity contribution is 9.10. The molecule has 0 aliphatic carbocycles.